The van der Waals surface area contributed by atoms with Gasteiger partial charge in [-0.1, -0.05) is 25.8 Å². The first-order valence-corrected chi connectivity index (χ1v) is 8.66. The third kappa shape index (κ3) is 4.57. The van der Waals surface area contributed by atoms with Crippen LogP contribution in [0.3, 0.4) is 0 Å². The molecule has 0 bridgehead atoms. The molecule has 0 aliphatic heterocycles. The van der Waals surface area contributed by atoms with Crippen molar-refractivity contribution >= 4 is 11.4 Å². The van der Waals surface area contributed by atoms with Crippen LogP contribution in [0.1, 0.15) is 42.9 Å². The number of alkyl halides is 3. The number of nitriles is 1. The van der Waals surface area contributed by atoms with Gasteiger partial charge in [-0.3, -0.25) is 9.36 Å². The Bertz CT molecular complexity index is 988. The minimum atomic E-state index is -4.53. The highest BCUT2D eigenvalue weighted by atomic mass is 19.4. The number of hydrogen-bond acceptors (Lipinski definition) is 5. The second-order valence-electron chi connectivity index (χ2n) is 6.20. The fraction of sp³-hybridized carbons (Fsp3) is 0.368. The molecule has 0 aliphatic carbocycles. The van der Waals surface area contributed by atoms with Crippen molar-refractivity contribution in [2.75, 3.05) is 0 Å². The summed E-state index contributed by atoms with van der Waals surface area (Å²) in [5.74, 6) is -0.445. The van der Waals surface area contributed by atoms with Crippen LogP contribution in [0.15, 0.2) is 39.3 Å². The molecule has 0 fully saturated rings. The van der Waals surface area contributed by atoms with Gasteiger partial charge in [-0.2, -0.15) is 23.5 Å². The van der Waals surface area contributed by atoms with E-state index < -0.39 is 23.2 Å². The van der Waals surface area contributed by atoms with Crippen LogP contribution in [-0.2, 0) is 12.7 Å². The largest absolute Gasteiger partial charge is 0.493 e. The maximum Gasteiger partial charge on any atom is 0.416 e. The van der Waals surface area contributed by atoms with Gasteiger partial charge in [-0.25, -0.2) is 0 Å². The lowest BCUT2D eigenvalue weighted by Crippen LogP contribution is -2.22. The zero-order valence-corrected chi connectivity index (χ0v) is 15.4. The smallest absolute Gasteiger partial charge is 0.416 e. The van der Waals surface area contributed by atoms with Crippen molar-refractivity contribution < 1.29 is 18.3 Å². The number of aromatic nitrogens is 1. The zero-order chi connectivity index (χ0) is 20.9. The Morgan fingerprint density at radius 2 is 1.96 bits per heavy atom. The number of rotatable bonds is 6. The lowest BCUT2D eigenvalue weighted by atomic mass is 10.1. The standard InChI is InChI=1S/C19H19F3N4O2/c1-3-4-5-9-26-17(27)15(11-23)12(2)16(18(26)28)25-24-14-8-6-7-13(10-14)19(20,21)22/h6-8,10,27H,3-5,9H2,1-2H3. The van der Waals surface area contributed by atoms with Gasteiger partial charge in [-0.05, 0) is 31.5 Å². The topological polar surface area (TPSA) is 90.7 Å². The van der Waals surface area contributed by atoms with E-state index in [1.807, 2.05) is 13.0 Å². The summed E-state index contributed by atoms with van der Waals surface area (Å²) in [5.41, 5.74) is -1.82. The molecule has 0 saturated carbocycles. The van der Waals surface area contributed by atoms with Crippen LogP contribution < -0.4 is 5.56 Å². The molecule has 2 aromatic rings. The van der Waals surface area contributed by atoms with Gasteiger partial charge in [0.15, 0.2) is 5.69 Å². The normalized spacial score (nSPS) is 11.7. The van der Waals surface area contributed by atoms with E-state index in [1.165, 1.54) is 19.1 Å². The molecule has 0 saturated heterocycles. The lowest BCUT2D eigenvalue weighted by molar-refractivity contribution is -0.137. The van der Waals surface area contributed by atoms with Gasteiger partial charge < -0.3 is 5.11 Å². The molecule has 1 aromatic heterocycles. The van der Waals surface area contributed by atoms with Gasteiger partial charge in [0.1, 0.15) is 11.6 Å². The molecule has 28 heavy (non-hydrogen) atoms. The first-order valence-electron chi connectivity index (χ1n) is 8.66. The lowest BCUT2D eigenvalue weighted by Gasteiger charge is -2.12. The molecule has 1 heterocycles. The minimum absolute atomic E-state index is 0.0854. The predicted octanol–water partition coefficient (Wildman–Crippen LogP) is 5.36. The molecule has 0 spiro atoms. The molecule has 1 aromatic carbocycles. The third-order valence-corrected chi connectivity index (χ3v) is 4.19. The summed E-state index contributed by atoms with van der Waals surface area (Å²) < 4.78 is 39.5. The summed E-state index contributed by atoms with van der Waals surface area (Å²) in [5, 5.41) is 27.1. The Morgan fingerprint density at radius 1 is 1.25 bits per heavy atom. The van der Waals surface area contributed by atoms with Crippen LogP contribution in [0, 0.1) is 18.3 Å². The molecule has 2 rings (SSSR count). The molecular weight excluding hydrogens is 373 g/mol. The number of azo groups is 1. The van der Waals surface area contributed by atoms with Crippen molar-refractivity contribution in [3.63, 3.8) is 0 Å². The summed E-state index contributed by atoms with van der Waals surface area (Å²) in [7, 11) is 0. The van der Waals surface area contributed by atoms with E-state index in [0.29, 0.717) is 6.42 Å². The monoisotopic (exact) mass is 392 g/mol. The molecule has 0 aliphatic rings. The molecular formula is C19H19F3N4O2. The highest BCUT2D eigenvalue weighted by Gasteiger charge is 2.30. The molecule has 6 nitrogen and oxygen atoms in total. The number of halogens is 3. The SMILES string of the molecule is CCCCCn1c(O)c(C#N)c(C)c(N=Nc2cccc(C(F)(F)F)c2)c1=O. The van der Waals surface area contributed by atoms with Gasteiger partial charge in [0.2, 0.25) is 5.88 Å². The van der Waals surface area contributed by atoms with Crippen molar-refractivity contribution in [2.45, 2.75) is 45.8 Å². The fourth-order valence-corrected chi connectivity index (χ4v) is 2.64. The fourth-order valence-electron chi connectivity index (χ4n) is 2.64. The molecule has 0 radical (unpaired) electrons. The molecule has 9 heteroatoms. The van der Waals surface area contributed by atoms with Crippen LogP contribution >= 0.6 is 0 Å². The molecule has 1 N–H and O–H groups in total. The van der Waals surface area contributed by atoms with E-state index in [-0.39, 0.29) is 29.0 Å². The zero-order valence-electron chi connectivity index (χ0n) is 15.4. The quantitative estimate of drug-likeness (QED) is 0.530. The first-order chi connectivity index (χ1) is 13.2. The van der Waals surface area contributed by atoms with Crippen LogP contribution in [0.4, 0.5) is 24.5 Å². The Morgan fingerprint density at radius 3 is 2.57 bits per heavy atom. The van der Waals surface area contributed by atoms with E-state index in [2.05, 4.69) is 10.2 Å². The average molecular weight is 392 g/mol. The molecule has 0 atom stereocenters. The van der Waals surface area contributed by atoms with E-state index in [4.69, 9.17) is 0 Å². The van der Waals surface area contributed by atoms with Gasteiger partial charge in [0.25, 0.3) is 5.56 Å². The van der Waals surface area contributed by atoms with E-state index in [9.17, 15) is 28.3 Å². The molecule has 0 amide bonds. The second kappa shape index (κ2) is 8.69. The number of hydrogen-bond donors (Lipinski definition) is 1. The van der Waals surface area contributed by atoms with Crippen LogP contribution in [0.25, 0.3) is 0 Å². The minimum Gasteiger partial charge on any atom is -0.493 e. The summed E-state index contributed by atoms with van der Waals surface area (Å²) in [6.45, 7) is 3.60. The molecule has 148 valence electrons. The number of unbranched alkanes of at least 4 members (excludes halogenated alkanes) is 2. The Hall–Kier alpha value is -3.15. The van der Waals surface area contributed by atoms with Crippen LogP contribution in [0.5, 0.6) is 5.88 Å². The average Bonchev–Trinajstić information content (AvgIpc) is 2.64. The number of aromatic hydroxyl groups is 1. The number of benzene rings is 1. The third-order valence-electron chi connectivity index (χ3n) is 4.19. The van der Waals surface area contributed by atoms with Crippen molar-refractivity contribution in [3.05, 3.63) is 51.3 Å². The number of nitrogens with zero attached hydrogens (tertiary/aromatic N) is 4. The van der Waals surface area contributed by atoms with Crippen molar-refractivity contribution in [1.82, 2.24) is 4.57 Å². The van der Waals surface area contributed by atoms with E-state index in [0.717, 1.165) is 29.5 Å². The summed E-state index contributed by atoms with van der Waals surface area (Å²) in [6.07, 6.45) is -2.20. The summed E-state index contributed by atoms with van der Waals surface area (Å²) >= 11 is 0. The van der Waals surface area contributed by atoms with Crippen molar-refractivity contribution in [3.8, 4) is 11.9 Å². The Labute approximate surface area is 159 Å². The maximum absolute atomic E-state index is 12.8. The first kappa shape index (κ1) is 21.2. The highest BCUT2D eigenvalue weighted by Crippen LogP contribution is 2.32. The highest BCUT2D eigenvalue weighted by molar-refractivity contribution is 5.56. The second-order valence-corrected chi connectivity index (χ2v) is 6.20. The van der Waals surface area contributed by atoms with E-state index >= 15 is 0 Å². The van der Waals surface area contributed by atoms with Gasteiger partial charge in [0, 0.05) is 12.1 Å². The van der Waals surface area contributed by atoms with Crippen LogP contribution in [-0.4, -0.2) is 9.67 Å². The van der Waals surface area contributed by atoms with E-state index in [1.54, 1.807) is 0 Å². The Balaban J connectivity index is 2.51. The molecule has 0 unspecified atom stereocenters. The van der Waals surface area contributed by atoms with Crippen molar-refractivity contribution in [1.29, 1.82) is 5.26 Å². The maximum atomic E-state index is 12.8. The Kier molecular flexibility index (Phi) is 6.57. The van der Waals surface area contributed by atoms with Gasteiger partial charge >= 0.3 is 6.18 Å². The van der Waals surface area contributed by atoms with Crippen LogP contribution in [0.2, 0.25) is 0 Å². The van der Waals surface area contributed by atoms with Gasteiger partial charge in [-0.15, -0.1) is 5.11 Å². The predicted molar refractivity (Wildman–Crippen MR) is 97.0 cm³/mol. The van der Waals surface area contributed by atoms with Crippen molar-refractivity contribution in [2.24, 2.45) is 10.2 Å². The summed E-state index contributed by atoms with van der Waals surface area (Å²) in [4.78, 5) is 12.7. The number of pyridine rings is 1. The van der Waals surface area contributed by atoms with Gasteiger partial charge in [0.05, 0.1) is 11.3 Å². The summed E-state index contributed by atoms with van der Waals surface area (Å²) in [6, 6.07) is 6.04.